The normalized spacial score (nSPS) is 25.9. The first-order valence-electron chi connectivity index (χ1n) is 7.09. The summed E-state index contributed by atoms with van der Waals surface area (Å²) >= 11 is 0. The third kappa shape index (κ3) is 3.08. The second-order valence-corrected chi connectivity index (χ2v) is 7.60. The number of hydrogen-bond acceptors (Lipinski definition) is 5. The van der Waals surface area contributed by atoms with Crippen LogP contribution < -0.4 is 5.32 Å². The summed E-state index contributed by atoms with van der Waals surface area (Å²) < 4.78 is 25.4. The third-order valence-electron chi connectivity index (χ3n) is 4.22. The number of rotatable bonds is 5. The van der Waals surface area contributed by atoms with Crippen LogP contribution in [0.3, 0.4) is 0 Å². The highest BCUT2D eigenvalue weighted by molar-refractivity contribution is 7.92. The van der Waals surface area contributed by atoms with E-state index < -0.39 is 20.0 Å². The molecule has 0 aromatic heterocycles. The molecule has 1 fully saturated rings. The van der Waals surface area contributed by atoms with Crippen molar-refractivity contribution in [2.45, 2.75) is 42.9 Å². The van der Waals surface area contributed by atoms with Crippen LogP contribution in [0, 0.1) is 16.0 Å². The molecule has 2 rings (SSSR count). The minimum absolute atomic E-state index is 0.0325. The van der Waals surface area contributed by atoms with E-state index in [9.17, 15) is 18.5 Å². The van der Waals surface area contributed by atoms with Crippen LogP contribution >= 0.6 is 0 Å². The summed E-state index contributed by atoms with van der Waals surface area (Å²) in [4.78, 5) is 10.3. The summed E-state index contributed by atoms with van der Waals surface area (Å²) in [6.45, 7) is 4.78. The van der Waals surface area contributed by atoms with Gasteiger partial charge in [-0.05, 0) is 37.4 Å². The number of nitro groups is 1. The Morgan fingerprint density at radius 3 is 2.43 bits per heavy atom. The fourth-order valence-electron chi connectivity index (χ4n) is 3.05. The van der Waals surface area contributed by atoms with Gasteiger partial charge in [0.15, 0.2) is 9.84 Å². The number of non-ortho nitro benzene ring substituents is 1. The summed E-state index contributed by atoms with van der Waals surface area (Å²) in [5, 5.41) is 13.5. The Balaban J connectivity index is 2.24. The standard InChI is InChI=1S/C14H20N2O4S/c1-3-15-13-8-9-14(10(13)2)21(19,20)12-6-4-11(5-7-12)16(17)18/h4-7,10,13-15H,3,8-9H2,1-2H3. The van der Waals surface area contributed by atoms with Crippen LogP contribution in [0.1, 0.15) is 26.7 Å². The van der Waals surface area contributed by atoms with Crippen molar-refractivity contribution in [3.8, 4) is 0 Å². The molecule has 21 heavy (non-hydrogen) atoms. The maximum absolute atomic E-state index is 12.7. The molecule has 7 heteroatoms. The minimum Gasteiger partial charge on any atom is -0.314 e. The van der Waals surface area contributed by atoms with Crippen molar-refractivity contribution in [1.29, 1.82) is 0 Å². The van der Waals surface area contributed by atoms with E-state index in [1.54, 1.807) is 0 Å². The SMILES string of the molecule is CCNC1CCC(S(=O)(=O)c2ccc([N+](=O)[O-])cc2)C1C. The molecule has 1 N–H and O–H groups in total. The van der Waals surface area contributed by atoms with E-state index in [1.165, 1.54) is 24.3 Å². The zero-order valence-electron chi connectivity index (χ0n) is 12.2. The second-order valence-electron chi connectivity index (χ2n) is 5.44. The lowest BCUT2D eigenvalue weighted by Crippen LogP contribution is -2.36. The Morgan fingerprint density at radius 2 is 1.90 bits per heavy atom. The number of nitrogens with zero attached hydrogens (tertiary/aromatic N) is 1. The molecule has 0 bridgehead atoms. The van der Waals surface area contributed by atoms with Crippen molar-refractivity contribution in [2.24, 2.45) is 5.92 Å². The van der Waals surface area contributed by atoms with Crippen molar-refractivity contribution in [3.63, 3.8) is 0 Å². The summed E-state index contributed by atoms with van der Waals surface area (Å²) in [6, 6.07) is 5.37. The van der Waals surface area contributed by atoms with Crippen molar-refractivity contribution >= 4 is 15.5 Å². The van der Waals surface area contributed by atoms with E-state index >= 15 is 0 Å². The first-order valence-corrected chi connectivity index (χ1v) is 8.64. The topological polar surface area (TPSA) is 89.3 Å². The predicted octanol–water partition coefficient (Wildman–Crippen LogP) is 2.15. The molecule has 3 atom stereocenters. The van der Waals surface area contributed by atoms with Crippen LogP contribution in [0.5, 0.6) is 0 Å². The van der Waals surface area contributed by atoms with Gasteiger partial charge in [-0.2, -0.15) is 0 Å². The monoisotopic (exact) mass is 312 g/mol. The molecule has 1 aromatic carbocycles. The Kier molecular flexibility index (Phi) is 4.63. The maximum atomic E-state index is 12.7. The molecule has 1 aliphatic carbocycles. The highest BCUT2D eigenvalue weighted by atomic mass is 32.2. The summed E-state index contributed by atoms with van der Waals surface area (Å²) in [6.07, 6.45) is 1.46. The van der Waals surface area contributed by atoms with Crippen LogP contribution in [0.2, 0.25) is 0 Å². The molecular formula is C14H20N2O4S. The quantitative estimate of drug-likeness (QED) is 0.664. The number of nitro benzene ring substituents is 1. The van der Waals surface area contributed by atoms with Crippen LogP contribution in [0.15, 0.2) is 29.2 Å². The van der Waals surface area contributed by atoms with Gasteiger partial charge in [0.2, 0.25) is 0 Å². The molecule has 0 heterocycles. The molecule has 1 aromatic rings. The molecule has 0 amide bonds. The molecular weight excluding hydrogens is 292 g/mol. The summed E-state index contributed by atoms with van der Waals surface area (Å²) in [5.74, 6) is 0.0325. The van der Waals surface area contributed by atoms with Crippen molar-refractivity contribution < 1.29 is 13.3 Å². The lowest BCUT2D eigenvalue weighted by atomic mass is 10.1. The van der Waals surface area contributed by atoms with Gasteiger partial charge < -0.3 is 5.32 Å². The van der Waals surface area contributed by atoms with Crippen molar-refractivity contribution in [1.82, 2.24) is 5.32 Å². The summed E-state index contributed by atoms with van der Waals surface area (Å²) in [5.41, 5.74) is -0.0982. The molecule has 0 saturated heterocycles. The Bertz CT molecular complexity index is 612. The number of nitrogens with one attached hydrogen (secondary N) is 1. The zero-order chi connectivity index (χ0) is 15.6. The third-order valence-corrected chi connectivity index (χ3v) is 6.62. The zero-order valence-corrected chi connectivity index (χ0v) is 13.0. The first-order chi connectivity index (χ1) is 9.87. The molecule has 1 aliphatic rings. The summed E-state index contributed by atoms with van der Waals surface area (Å²) in [7, 11) is -3.44. The Labute approximate surface area is 124 Å². The predicted molar refractivity (Wildman–Crippen MR) is 79.9 cm³/mol. The molecule has 0 radical (unpaired) electrons. The van der Waals surface area contributed by atoms with Crippen molar-refractivity contribution in [3.05, 3.63) is 34.4 Å². The molecule has 1 saturated carbocycles. The van der Waals surface area contributed by atoms with Gasteiger partial charge in [-0.15, -0.1) is 0 Å². The van der Waals surface area contributed by atoms with Crippen LogP contribution in [0.25, 0.3) is 0 Å². The van der Waals surface area contributed by atoms with Crippen molar-refractivity contribution in [2.75, 3.05) is 6.54 Å². The Hall–Kier alpha value is -1.47. The van der Waals surface area contributed by atoms with Gasteiger partial charge in [0.25, 0.3) is 5.69 Å². The average molecular weight is 312 g/mol. The van der Waals surface area contributed by atoms with Gasteiger partial charge in [0.1, 0.15) is 0 Å². The molecule has 6 nitrogen and oxygen atoms in total. The number of sulfone groups is 1. The fourth-order valence-corrected chi connectivity index (χ4v) is 5.12. The van der Waals surface area contributed by atoms with Crippen LogP contribution in [-0.2, 0) is 9.84 Å². The van der Waals surface area contributed by atoms with Gasteiger partial charge >= 0.3 is 0 Å². The molecule has 3 unspecified atom stereocenters. The highest BCUT2D eigenvalue weighted by Crippen LogP contribution is 2.35. The van der Waals surface area contributed by atoms with Gasteiger partial charge in [-0.3, -0.25) is 10.1 Å². The lowest BCUT2D eigenvalue weighted by Gasteiger charge is -2.21. The van der Waals surface area contributed by atoms with E-state index in [-0.39, 0.29) is 22.5 Å². The molecule has 116 valence electrons. The van der Waals surface area contributed by atoms with Gasteiger partial charge in [-0.1, -0.05) is 13.8 Å². The smallest absolute Gasteiger partial charge is 0.269 e. The maximum Gasteiger partial charge on any atom is 0.269 e. The average Bonchev–Trinajstić information content (AvgIpc) is 2.81. The van der Waals surface area contributed by atoms with Gasteiger partial charge in [-0.25, -0.2) is 8.42 Å². The largest absolute Gasteiger partial charge is 0.314 e. The van der Waals surface area contributed by atoms with E-state index in [4.69, 9.17) is 0 Å². The van der Waals surface area contributed by atoms with Crippen LogP contribution in [-0.4, -0.2) is 31.2 Å². The Morgan fingerprint density at radius 1 is 1.29 bits per heavy atom. The second kappa shape index (κ2) is 6.11. The van der Waals surface area contributed by atoms with Gasteiger partial charge in [0.05, 0.1) is 15.1 Å². The number of benzene rings is 1. The lowest BCUT2D eigenvalue weighted by molar-refractivity contribution is -0.384. The minimum atomic E-state index is -3.44. The van der Waals surface area contributed by atoms with E-state index in [0.29, 0.717) is 6.42 Å². The van der Waals surface area contributed by atoms with Crippen LogP contribution in [0.4, 0.5) is 5.69 Å². The van der Waals surface area contributed by atoms with Gasteiger partial charge in [0, 0.05) is 18.2 Å². The van der Waals surface area contributed by atoms with E-state index in [2.05, 4.69) is 5.32 Å². The molecule has 0 spiro atoms. The fraction of sp³-hybridized carbons (Fsp3) is 0.571. The van der Waals surface area contributed by atoms with E-state index in [1.807, 2.05) is 13.8 Å². The number of hydrogen-bond donors (Lipinski definition) is 1. The molecule has 0 aliphatic heterocycles. The first kappa shape index (κ1) is 15.9. The van der Waals surface area contributed by atoms with E-state index in [0.717, 1.165) is 13.0 Å². The highest BCUT2D eigenvalue weighted by Gasteiger charge is 2.41.